The first-order chi connectivity index (χ1) is 8.08. The van der Waals surface area contributed by atoms with Gasteiger partial charge in [-0.2, -0.15) is 0 Å². The predicted octanol–water partition coefficient (Wildman–Crippen LogP) is 2.21. The highest BCUT2D eigenvalue weighted by molar-refractivity contribution is 9.10. The molecule has 0 aliphatic carbocycles. The second-order valence-electron chi connectivity index (χ2n) is 3.91. The third-order valence-corrected chi connectivity index (χ3v) is 3.35. The van der Waals surface area contributed by atoms with E-state index in [0.717, 1.165) is 10.0 Å². The second-order valence-corrected chi connectivity index (χ2v) is 4.76. The third-order valence-electron chi connectivity index (χ3n) is 2.62. The average Bonchev–Trinajstić information content (AvgIpc) is 2.33. The topological polar surface area (TPSA) is 47.3 Å². The van der Waals surface area contributed by atoms with Gasteiger partial charge in [0, 0.05) is 30.7 Å². The molecule has 2 unspecified atom stereocenters. The lowest BCUT2D eigenvalue weighted by Crippen LogP contribution is -2.34. The number of halogens is 2. The van der Waals surface area contributed by atoms with E-state index in [4.69, 9.17) is 10.5 Å². The fourth-order valence-corrected chi connectivity index (χ4v) is 2.02. The molecule has 0 radical (unpaired) electrons. The molecule has 5 heteroatoms. The minimum Gasteiger partial charge on any atom is -0.380 e. The lowest BCUT2D eigenvalue weighted by molar-refractivity contribution is 0.114. The van der Waals surface area contributed by atoms with Crippen LogP contribution < -0.4 is 11.1 Å². The van der Waals surface area contributed by atoms with Crippen molar-refractivity contribution in [3.05, 3.63) is 34.1 Å². The standard InChI is InChI=1S/C12H18BrFN2O/c1-8(17-2)7-16-12(6-15)10-5-9(14)3-4-11(10)13/h3-5,8,12,16H,6-7,15H2,1-2H3. The van der Waals surface area contributed by atoms with E-state index in [2.05, 4.69) is 21.2 Å². The molecule has 17 heavy (non-hydrogen) atoms. The summed E-state index contributed by atoms with van der Waals surface area (Å²) < 4.78 is 19.2. The molecule has 2 atom stereocenters. The fourth-order valence-electron chi connectivity index (χ4n) is 1.49. The molecule has 0 saturated heterocycles. The van der Waals surface area contributed by atoms with Gasteiger partial charge in [0.25, 0.3) is 0 Å². The number of hydrogen-bond acceptors (Lipinski definition) is 3. The summed E-state index contributed by atoms with van der Waals surface area (Å²) in [5.74, 6) is -0.261. The van der Waals surface area contributed by atoms with E-state index < -0.39 is 0 Å². The van der Waals surface area contributed by atoms with E-state index in [9.17, 15) is 4.39 Å². The van der Waals surface area contributed by atoms with Gasteiger partial charge in [0.05, 0.1) is 6.10 Å². The summed E-state index contributed by atoms with van der Waals surface area (Å²) in [5.41, 5.74) is 6.53. The van der Waals surface area contributed by atoms with Crippen LogP contribution in [0.15, 0.2) is 22.7 Å². The highest BCUT2D eigenvalue weighted by Crippen LogP contribution is 2.23. The maximum Gasteiger partial charge on any atom is 0.123 e. The Kier molecular flexibility index (Phi) is 6.05. The summed E-state index contributed by atoms with van der Waals surface area (Å²) in [6.45, 7) is 3.03. The Morgan fingerprint density at radius 3 is 2.82 bits per heavy atom. The highest BCUT2D eigenvalue weighted by atomic mass is 79.9. The summed E-state index contributed by atoms with van der Waals surface area (Å²) in [7, 11) is 1.65. The van der Waals surface area contributed by atoms with Gasteiger partial charge in [-0.25, -0.2) is 4.39 Å². The highest BCUT2D eigenvalue weighted by Gasteiger charge is 2.14. The van der Waals surface area contributed by atoms with Crippen molar-refractivity contribution >= 4 is 15.9 Å². The van der Waals surface area contributed by atoms with Crippen molar-refractivity contribution in [3.63, 3.8) is 0 Å². The van der Waals surface area contributed by atoms with Crippen LogP contribution in [0.3, 0.4) is 0 Å². The Morgan fingerprint density at radius 2 is 2.24 bits per heavy atom. The number of nitrogens with two attached hydrogens (primary N) is 1. The number of nitrogens with one attached hydrogen (secondary N) is 1. The van der Waals surface area contributed by atoms with Gasteiger partial charge in [0.2, 0.25) is 0 Å². The molecule has 1 aromatic rings. The molecule has 0 spiro atoms. The lowest BCUT2D eigenvalue weighted by Gasteiger charge is -2.20. The molecule has 3 N–H and O–H groups in total. The Morgan fingerprint density at radius 1 is 1.53 bits per heavy atom. The van der Waals surface area contributed by atoms with Crippen LogP contribution in [0.1, 0.15) is 18.5 Å². The van der Waals surface area contributed by atoms with Crippen LogP contribution in [0.2, 0.25) is 0 Å². The van der Waals surface area contributed by atoms with Gasteiger partial charge >= 0.3 is 0 Å². The van der Waals surface area contributed by atoms with Gasteiger partial charge in [-0.3, -0.25) is 0 Å². The molecule has 0 amide bonds. The first kappa shape index (κ1) is 14.6. The molecule has 0 aromatic heterocycles. The zero-order valence-electron chi connectivity index (χ0n) is 10.0. The van der Waals surface area contributed by atoms with E-state index in [1.807, 2.05) is 6.92 Å². The second kappa shape index (κ2) is 7.06. The molecule has 96 valence electrons. The summed E-state index contributed by atoms with van der Waals surface area (Å²) in [6.07, 6.45) is 0.0939. The zero-order chi connectivity index (χ0) is 12.8. The minimum atomic E-state index is -0.261. The smallest absolute Gasteiger partial charge is 0.123 e. The molecular formula is C12H18BrFN2O. The van der Waals surface area contributed by atoms with Gasteiger partial charge in [-0.05, 0) is 30.7 Å². The summed E-state index contributed by atoms with van der Waals surface area (Å²) in [5, 5.41) is 3.26. The first-order valence-corrected chi connectivity index (χ1v) is 6.29. The number of hydrogen-bond donors (Lipinski definition) is 2. The third kappa shape index (κ3) is 4.35. The number of benzene rings is 1. The van der Waals surface area contributed by atoms with E-state index in [1.165, 1.54) is 12.1 Å². The Hall–Kier alpha value is -0.490. The predicted molar refractivity (Wildman–Crippen MR) is 70.4 cm³/mol. The number of ether oxygens (including phenoxy) is 1. The maximum absolute atomic E-state index is 13.2. The van der Waals surface area contributed by atoms with E-state index >= 15 is 0 Å². The van der Waals surface area contributed by atoms with Crippen LogP contribution in [0.4, 0.5) is 4.39 Å². The molecule has 0 bridgehead atoms. The van der Waals surface area contributed by atoms with Crippen LogP contribution in [-0.4, -0.2) is 26.3 Å². The maximum atomic E-state index is 13.2. The Labute approximate surface area is 110 Å². The quantitative estimate of drug-likeness (QED) is 0.847. The van der Waals surface area contributed by atoms with E-state index in [0.29, 0.717) is 13.1 Å². The molecule has 3 nitrogen and oxygen atoms in total. The molecule has 0 aliphatic rings. The summed E-state index contributed by atoms with van der Waals surface area (Å²) in [6, 6.07) is 4.51. The molecule has 1 aromatic carbocycles. The van der Waals surface area contributed by atoms with Crippen molar-refractivity contribution in [1.29, 1.82) is 0 Å². The van der Waals surface area contributed by atoms with Gasteiger partial charge in [-0.15, -0.1) is 0 Å². The van der Waals surface area contributed by atoms with E-state index in [-0.39, 0.29) is 18.0 Å². The summed E-state index contributed by atoms with van der Waals surface area (Å²) in [4.78, 5) is 0. The monoisotopic (exact) mass is 304 g/mol. The molecular weight excluding hydrogens is 287 g/mol. The lowest BCUT2D eigenvalue weighted by atomic mass is 10.1. The zero-order valence-corrected chi connectivity index (χ0v) is 11.6. The van der Waals surface area contributed by atoms with Crippen LogP contribution in [-0.2, 0) is 4.74 Å². The molecule has 0 saturated carbocycles. The summed E-state index contributed by atoms with van der Waals surface area (Å²) >= 11 is 3.40. The Balaban J connectivity index is 2.75. The van der Waals surface area contributed by atoms with Gasteiger partial charge in [-0.1, -0.05) is 15.9 Å². The van der Waals surface area contributed by atoms with E-state index in [1.54, 1.807) is 13.2 Å². The van der Waals surface area contributed by atoms with Crippen LogP contribution in [0.5, 0.6) is 0 Å². The van der Waals surface area contributed by atoms with Crippen molar-refractivity contribution < 1.29 is 9.13 Å². The molecule has 0 fully saturated rings. The van der Waals surface area contributed by atoms with Crippen LogP contribution >= 0.6 is 15.9 Å². The molecule has 0 aliphatic heterocycles. The largest absolute Gasteiger partial charge is 0.380 e. The SMILES string of the molecule is COC(C)CNC(CN)c1cc(F)ccc1Br. The Bertz CT molecular complexity index is 362. The van der Waals surface area contributed by atoms with Crippen molar-refractivity contribution in [1.82, 2.24) is 5.32 Å². The van der Waals surface area contributed by atoms with Gasteiger partial charge < -0.3 is 15.8 Å². The van der Waals surface area contributed by atoms with Crippen molar-refractivity contribution in [2.75, 3.05) is 20.2 Å². The van der Waals surface area contributed by atoms with Crippen molar-refractivity contribution in [3.8, 4) is 0 Å². The normalized spacial score (nSPS) is 14.6. The average molecular weight is 305 g/mol. The fraction of sp³-hybridized carbons (Fsp3) is 0.500. The van der Waals surface area contributed by atoms with Crippen LogP contribution in [0.25, 0.3) is 0 Å². The van der Waals surface area contributed by atoms with Crippen molar-refractivity contribution in [2.24, 2.45) is 5.73 Å². The molecule has 1 rings (SSSR count). The molecule has 0 heterocycles. The van der Waals surface area contributed by atoms with Gasteiger partial charge in [0.1, 0.15) is 5.82 Å². The first-order valence-electron chi connectivity index (χ1n) is 5.49. The number of methoxy groups -OCH3 is 1. The van der Waals surface area contributed by atoms with Crippen molar-refractivity contribution in [2.45, 2.75) is 19.1 Å². The van der Waals surface area contributed by atoms with Gasteiger partial charge in [0.15, 0.2) is 0 Å². The minimum absolute atomic E-state index is 0.0855. The van der Waals surface area contributed by atoms with Crippen LogP contribution in [0, 0.1) is 5.82 Å². The number of rotatable bonds is 6.